The van der Waals surface area contributed by atoms with Crippen LogP contribution in [0.3, 0.4) is 0 Å². The molecule has 0 amide bonds. The number of carbonyl (C=O) groups is 1. The number of rotatable bonds is 3. The Morgan fingerprint density at radius 3 is 3.00 bits per heavy atom. The maximum Gasteiger partial charge on any atom is 0.376 e. The number of hydrogen-bond donors (Lipinski definition) is 0. The second kappa shape index (κ2) is 4.54. The molecule has 70 valence electrons. The van der Waals surface area contributed by atoms with Gasteiger partial charge in [0.1, 0.15) is 0 Å². The van der Waals surface area contributed by atoms with Crippen LogP contribution >= 0.6 is 0 Å². The van der Waals surface area contributed by atoms with Crippen LogP contribution in [0.25, 0.3) is 0 Å². The minimum absolute atomic E-state index is 0.133. The Kier molecular flexibility index (Phi) is 3.37. The van der Waals surface area contributed by atoms with Crippen LogP contribution in [0.4, 0.5) is 0 Å². The number of aryl methyl sites for hydroxylation is 1. The van der Waals surface area contributed by atoms with E-state index in [4.69, 9.17) is 0 Å². The molecule has 0 bridgehead atoms. The fraction of sp³-hybridized carbons (Fsp3) is 0.444. The Balaban J connectivity index is 2.85. The Labute approximate surface area is 77.0 Å². The summed E-state index contributed by atoms with van der Waals surface area (Å²) in [7, 11) is 1.32. The minimum Gasteiger partial charge on any atom is -0.463 e. The molecule has 1 aromatic heterocycles. The highest BCUT2D eigenvalue weighted by Gasteiger charge is 2.08. The SMILES string of the molecule is CCCc1ccnc(C(=O)OC)n1. The maximum atomic E-state index is 11.0. The van der Waals surface area contributed by atoms with E-state index < -0.39 is 5.97 Å². The molecule has 0 aliphatic carbocycles. The molecule has 0 aromatic carbocycles. The third-order valence-corrected chi connectivity index (χ3v) is 1.59. The third kappa shape index (κ3) is 2.50. The molecule has 0 atom stereocenters. The lowest BCUT2D eigenvalue weighted by Gasteiger charge is -1.99. The van der Waals surface area contributed by atoms with E-state index in [9.17, 15) is 4.79 Å². The van der Waals surface area contributed by atoms with Crippen molar-refractivity contribution in [2.75, 3.05) is 7.11 Å². The maximum absolute atomic E-state index is 11.0. The summed E-state index contributed by atoms with van der Waals surface area (Å²) in [6.45, 7) is 2.06. The number of nitrogens with zero attached hydrogens (tertiary/aromatic N) is 2. The van der Waals surface area contributed by atoms with Crippen molar-refractivity contribution in [1.29, 1.82) is 0 Å². The zero-order valence-corrected chi connectivity index (χ0v) is 7.78. The van der Waals surface area contributed by atoms with Crippen molar-refractivity contribution in [3.05, 3.63) is 23.8 Å². The van der Waals surface area contributed by atoms with E-state index in [1.54, 1.807) is 12.3 Å². The van der Waals surface area contributed by atoms with Crippen LogP contribution in [0.15, 0.2) is 12.3 Å². The largest absolute Gasteiger partial charge is 0.463 e. The lowest BCUT2D eigenvalue weighted by atomic mass is 10.2. The highest BCUT2D eigenvalue weighted by atomic mass is 16.5. The van der Waals surface area contributed by atoms with E-state index in [1.807, 2.05) is 0 Å². The number of ether oxygens (including phenoxy) is 1. The van der Waals surface area contributed by atoms with Crippen LogP contribution in [-0.4, -0.2) is 23.0 Å². The molecule has 4 nitrogen and oxygen atoms in total. The first-order valence-electron chi connectivity index (χ1n) is 4.18. The first-order chi connectivity index (χ1) is 6.27. The van der Waals surface area contributed by atoms with Crippen molar-refractivity contribution in [2.24, 2.45) is 0 Å². The monoisotopic (exact) mass is 180 g/mol. The fourth-order valence-electron chi connectivity index (χ4n) is 0.981. The summed E-state index contributed by atoms with van der Waals surface area (Å²) in [5.41, 5.74) is 0.873. The van der Waals surface area contributed by atoms with E-state index in [1.165, 1.54) is 7.11 Å². The van der Waals surface area contributed by atoms with Crippen molar-refractivity contribution in [2.45, 2.75) is 19.8 Å². The van der Waals surface area contributed by atoms with E-state index in [0.717, 1.165) is 18.5 Å². The summed E-state index contributed by atoms with van der Waals surface area (Å²) in [4.78, 5) is 18.9. The Hall–Kier alpha value is -1.45. The summed E-state index contributed by atoms with van der Waals surface area (Å²) < 4.78 is 4.51. The number of aromatic nitrogens is 2. The summed E-state index contributed by atoms with van der Waals surface area (Å²) in [5, 5.41) is 0. The van der Waals surface area contributed by atoms with E-state index in [0.29, 0.717) is 0 Å². The molecule has 1 heterocycles. The van der Waals surface area contributed by atoms with Gasteiger partial charge in [0.25, 0.3) is 0 Å². The summed E-state index contributed by atoms with van der Waals surface area (Å²) in [5.74, 6) is -0.355. The van der Waals surface area contributed by atoms with Gasteiger partial charge in [-0.1, -0.05) is 13.3 Å². The predicted molar refractivity (Wildman–Crippen MR) is 47.4 cm³/mol. The Morgan fingerprint density at radius 2 is 2.38 bits per heavy atom. The van der Waals surface area contributed by atoms with Crippen molar-refractivity contribution >= 4 is 5.97 Å². The van der Waals surface area contributed by atoms with Crippen LogP contribution in [0.1, 0.15) is 29.7 Å². The zero-order valence-electron chi connectivity index (χ0n) is 7.78. The van der Waals surface area contributed by atoms with Crippen LogP contribution in [0.2, 0.25) is 0 Å². The Morgan fingerprint density at radius 1 is 1.62 bits per heavy atom. The van der Waals surface area contributed by atoms with Crippen molar-refractivity contribution < 1.29 is 9.53 Å². The molecule has 0 spiro atoms. The van der Waals surface area contributed by atoms with Gasteiger partial charge in [-0.05, 0) is 12.5 Å². The van der Waals surface area contributed by atoms with Crippen LogP contribution in [0.5, 0.6) is 0 Å². The van der Waals surface area contributed by atoms with Gasteiger partial charge in [-0.3, -0.25) is 0 Å². The number of hydrogen-bond acceptors (Lipinski definition) is 4. The average molecular weight is 180 g/mol. The summed E-state index contributed by atoms with van der Waals surface area (Å²) in [6, 6.07) is 1.80. The van der Waals surface area contributed by atoms with Gasteiger partial charge >= 0.3 is 5.97 Å². The molecular weight excluding hydrogens is 168 g/mol. The predicted octanol–water partition coefficient (Wildman–Crippen LogP) is 1.22. The highest BCUT2D eigenvalue weighted by molar-refractivity contribution is 5.84. The molecule has 0 saturated heterocycles. The van der Waals surface area contributed by atoms with E-state index >= 15 is 0 Å². The van der Waals surface area contributed by atoms with E-state index in [-0.39, 0.29) is 5.82 Å². The zero-order chi connectivity index (χ0) is 9.68. The number of methoxy groups -OCH3 is 1. The highest BCUT2D eigenvalue weighted by Crippen LogP contribution is 2.00. The van der Waals surface area contributed by atoms with Gasteiger partial charge in [-0.15, -0.1) is 0 Å². The summed E-state index contributed by atoms with van der Waals surface area (Å²) >= 11 is 0. The topological polar surface area (TPSA) is 52.1 Å². The van der Waals surface area contributed by atoms with Gasteiger partial charge in [0.05, 0.1) is 7.11 Å². The second-order valence-corrected chi connectivity index (χ2v) is 2.61. The van der Waals surface area contributed by atoms with Crippen LogP contribution in [-0.2, 0) is 11.2 Å². The van der Waals surface area contributed by atoms with E-state index in [2.05, 4.69) is 21.6 Å². The molecule has 0 radical (unpaired) electrons. The van der Waals surface area contributed by atoms with Gasteiger partial charge in [0, 0.05) is 11.9 Å². The normalized spacial score (nSPS) is 9.69. The molecule has 0 fully saturated rings. The second-order valence-electron chi connectivity index (χ2n) is 2.61. The lowest BCUT2D eigenvalue weighted by molar-refractivity contribution is 0.0586. The molecule has 0 aliphatic rings. The van der Waals surface area contributed by atoms with Crippen LogP contribution < -0.4 is 0 Å². The minimum atomic E-state index is -0.488. The smallest absolute Gasteiger partial charge is 0.376 e. The van der Waals surface area contributed by atoms with Gasteiger partial charge in [-0.25, -0.2) is 14.8 Å². The lowest BCUT2D eigenvalue weighted by Crippen LogP contribution is -2.08. The quantitative estimate of drug-likeness (QED) is 0.656. The third-order valence-electron chi connectivity index (χ3n) is 1.59. The molecule has 1 rings (SSSR count). The molecule has 4 heteroatoms. The van der Waals surface area contributed by atoms with Crippen molar-refractivity contribution in [3.63, 3.8) is 0 Å². The number of carbonyl (C=O) groups excluding carboxylic acids is 1. The standard InChI is InChI=1S/C9H12N2O2/c1-3-4-7-5-6-10-8(11-7)9(12)13-2/h5-6H,3-4H2,1-2H3. The van der Waals surface area contributed by atoms with Crippen molar-refractivity contribution in [3.8, 4) is 0 Å². The molecule has 0 unspecified atom stereocenters. The van der Waals surface area contributed by atoms with Crippen molar-refractivity contribution in [1.82, 2.24) is 9.97 Å². The molecule has 1 aromatic rings. The molecule has 13 heavy (non-hydrogen) atoms. The molecular formula is C9H12N2O2. The van der Waals surface area contributed by atoms with Gasteiger partial charge in [0.2, 0.25) is 5.82 Å². The fourth-order valence-corrected chi connectivity index (χ4v) is 0.981. The average Bonchev–Trinajstić information content (AvgIpc) is 2.18. The van der Waals surface area contributed by atoms with Gasteiger partial charge in [-0.2, -0.15) is 0 Å². The summed E-state index contributed by atoms with van der Waals surface area (Å²) in [6.07, 6.45) is 3.42. The van der Waals surface area contributed by atoms with Gasteiger partial charge in [0.15, 0.2) is 0 Å². The molecule has 0 saturated carbocycles. The molecule has 0 aliphatic heterocycles. The Bertz CT molecular complexity index is 299. The molecule has 0 N–H and O–H groups in total. The first kappa shape index (κ1) is 9.64. The van der Waals surface area contributed by atoms with Crippen LogP contribution in [0, 0.1) is 0 Å². The first-order valence-corrected chi connectivity index (χ1v) is 4.18. The number of esters is 1. The van der Waals surface area contributed by atoms with Gasteiger partial charge < -0.3 is 4.74 Å².